The summed E-state index contributed by atoms with van der Waals surface area (Å²) in [6, 6.07) is 11.7. The lowest BCUT2D eigenvalue weighted by Gasteiger charge is -2.08. The first-order chi connectivity index (χ1) is 9.78. The van der Waals surface area contributed by atoms with E-state index in [1.54, 1.807) is 6.20 Å². The van der Waals surface area contributed by atoms with Crippen molar-refractivity contribution in [3.05, 3.63) is 65.5 Å². The summed E-state index contributed by atoms with van der Waals surface area (Å²) in [5.41, 5.74) is 3.27. The molecule has 0 aliphatic rings. The number of hydrogen-bond acceptors (Lipinski definition) is 2. The first kappa shape index (κ1) is 14.1. The van der Waals surface area contributed by atoms with Crippen LogP contribution in [0.3, 0.4) is 0 Å². The van der Waals surface area contributed by atoms with Crippen LogP contribution in [0, 0.1) is 0 Å². The number of aromatic nitrogens is 1. The van der Waals surface area contributed by atoms with E-state index in [4.69, 9.17) is 0 Å². The molecule has 0 spiro atoms. The molecule has 4 nitrogen and oxygen atoms in total. The third kappa shape index (κ3) is 4.39. The van der Waals surface area contributed by atoms with Crippen molar-refractivity contribution in [2.45, 2.75) is 26.4 Å². The third-order valence-electron chi connectivity index (χ3n) is 3.01. The summed E-state index contributed by atoms with van der Waals surface area (Å²) in [6.45, 7) is 3.10. The molecule has 0 atom stereocenters. The minimum absolute atomic E-state index is 0. The first-order valence-corrected chi connectivity index (χ1v) is 6.76. The van der Waals surface area contributed by atoms with Crippen LogP contribution in [0.2, 0.25) is 0 Å². The molecule has 0 bridgehead atoms. The molecule has 108 valence electrons. The third-order valence-corrected chi connectivity index (χ3v) is 3.01. The molecule has 0 radical (unpaired) electrons. The quantitative estimate of drug-likeness (QED) is 0.879. The SMILES string of the molecule is CCc1cncc(CNC(=O)NCc2ccccc2)c1.[HH].[HH]. The van der Waals surface area contributed by atoms with E-state index in [9.17, 15) is 4.79 Å². The summed E-state index contributed by atoms with van der Waals surface area (Å²) in [6.07, 6.45) is 4.57. The van der Waals surface area contributed by atoms with Crippen LogP contribution in [0.15, 0.2) is 48.8 Å². The minimum Gasteiger partial charge on any atom is -0.334 e. The van der Waals surface area contributed by atoms with Gasteiger partial charge in [0.05, 0.1) is 0 Å². The van der Waals surface area contributed by atoms with Gasteiger partial charge in [0.2, 0.25) is 0 Å². The number of aryl methyl sites for hydroxylation is 1. The van der Waals surface area contributed by atoms with E-state index in [2.05, 4.69) is 28.6 Å². The Kier molecular flexibility index (Phi) is 5.12. The van der Waals surface area contributed by atoms with Gasteiger partial charge in [-0.05, 0) is 23.1 Å². The number of nitrogens with zero attached hydrogens (tertiary/aromatic N) is 1. The van der Waals surface area contributed by atoms with Crippen LogP contribution in [-0.2, 0) is 19.5 Å². The number of pyridine rings is 1. The Hall–Kier alpha value is -2.36. The second-order valence-corrected chi connectivity index (χ2v) is 4.58. The average Bonchev–Trinajstić information content (AvgIpc) is 2.52. The van der Waals surface area contributed by atoms with E-state index in [0.717, 1.165) is 17.5 Å². The van der Waals surface area contributed by atoms with Crippen molar-refractivity contribution < 1.29 is 7.65 Å². The molecule has 4 heteroatoms. The summed E-state index contributed by atoms with van der Waals surface area (Å²) < 4.78 is 0. The monoisotopic (exact) mass is 273 g/mol. The summed E-state index contributed by atoms with van der Waals surface area (Å²) in [5, 5.41) is 5.66. The van der Waals surface area contributed by atoms with Crippen LogP contribution in [0.4, 0.5) is 4.79 Å². The van der Waals surface area contributed by atoms with Crippen LogP contribution in [0.1, 0.15) is 26.5 Å². The van der Waals surface area contributed by atoms with Gasteiger partial charge in [0, 0.05) is 28.3 Å². The van der Waals surface area contributed by atoms with E-state index in [0.29, 0.717) is 13.1 Å². The van der Waals surface area contributed by atoms with E-state index >= 15 is 0 Å². The normalized spacial score (nSPS) is 10.1. The summed E-state index contributed by atoms with van der Waals surface area (Å²) in [5.74, 6) is 0. The molecule has 2 amide bonds. The zero-order valence-corrected chi connectivity index (χ0v) is 11.6. The van der Waals surface area contributed by atoms with Crippen molar-refractivity contribution in [1.29, 1.82) is 0 Å². The van der Waals surface area contributed by atoms with Crippen molar-refractivity contribution in [2.24, 2.45) is 0 Å². The second-order valence-electron chi connectivity index (χ2n) is 4.58. The number of amides is 2. The topological polar surface area (TPSA) is 54.0 Å². The molecular weight excluding hydrogens is 250 g/mol. The van der Waals surface area contributed by atoms with Gasteiger partial charge in [0.1, 0.15) is 0 Å². The van der Waals surface area contributed by atoms with Crippen molar-refractivity contribution in [2.75, 3.05) is 0 Å². The number of carbonyl (C=O) groups excluding carboxylic acids is 1. The molecule has 0 saturated carbocycles. The second kappa shape index (κ2) is 7.28. The molecule has 1 aromatic carbocycles. The van der Waals surface area contributed by atoms with Crippen LogP contribution in [-0.4, -0.2) is 11.0 Å². The average molecular weight is 273 g/mol. The van der Waals surface area contributed by atoms with Crippen LogP contribution < -0.4 is 10.6 Å². The standard InChI is InChI=1S/C16H19N3O.2H2/c1-2-13-8-15(10-17-9-13)12-19-16(20)18-11-14-6-4-3-5-7-14;;/h3-10H,2,11-12H2,1H3,(H2,18,19,20);2*1H. The van der Waals surface area contributed by atoms with Gasteiger partial charge in [0.15, 0.2) is 0 Å². The van der Waals surface area contributed by atoms with Crippen molar-refractivity contribution in [3.8, 4) is 0 Å². The van der Waals surface area contributed by atoms with E-state index in [-0.39, 0.29) is 8.88 Å². The molecule has 2 N–H and O–H groups in total. The van der Waals surface area contributed by atoms with Gasteiger partial charge in [-0.25, -0.2) is 4.79 Å². The van der Waals surface area contributed by atoms with Crippen LogP contribution >= 0.6 is 0 Å². The van der Waals surface area contributed by atoms with Gasteiger partial charge in [-0.1, -0.05) is 43.3 Å². The van der Waals surface area contributed by atoms with Crippen LogP contribution in [0.25, 0.3) is 0 Å². The van der Waals surface area contributed by atoms with Gasteiger partial charge in [-0.3, -0.25) is 4.98 Å². The molecule has 0 saturated heterocycles. The molecule has 0 aliphatic carbocycles. The van der Waals surface area contributed by atoms with Crippen molar-refractivity contribution in [3.63, 3.8) is 0 Å². The van der Waals surface area contributed by atoms with E-state index in [1.165, 1.54) is 5.56 Å². The van der Waals surface area contributed by atoms with Gasteiger partial charge in [-0.15, -0.1) is 0 Å². The lowest BCUT2D eigenvalue weighted by molar-refractivity contribution is 0.240. The van der Waals surface area contributed by atoms with Gasteiger partial charge in [-0.2, -0.15) is 0 Å². The maximum atomic E-state index is 11.7. The molecule has 2 rings (SSSR count). The van der Waals surface area contributed by atoms with Gasteiger partial charge < -0.3 is 10.6 Å². The number of carbonyl (C=O) groups is 1. The Bertz CT molecular complexity index is 564. The summed E-state index contributed by atoms with van der Waals surface area (Å²) in [4.78, 5) is 15.9. The van der Waals surface area contributed by atoms with Crippen LogP contribution in [0.5, 0.6) is 0 Å². The van der Waals surface area contributed by atoms with Crippen molar-refractivity contribution in [1.82, 2.24) is 15.6 Å². The highest BCUT2D eigenvalue weighted by molar-refractivity contribution is 5.73. The number of rotatable bonds is 5. The van der Waals surface area contributed by atoms with E-state index < -0.39 is 0 Å². The predicted octanol–water partition coefficient (Wildman–Crippen LogP) is 3.14. The smallest absolute Gasteiger partial charge is 0.315 e. The van der Waals surface area contributed by atoms with Crippen molar-refractivity contribution >= 4 is 6.03 Å². The first-order valence-electron chi connectivity index (χ1n) is 6.76. The molecule has 0 fully saturated rings. The molecule has 0 unspecified atom stereocenters. The highest BCUT2D eigenvalue weighted by Crippen LogP contribution is 2.03. The Morgan fingerprint density at radius 2 is 1.70 bits per heavy atom. The number of urea groups is 1. The summed E-state index contributed by atoms with van der Waals surface area (Å²) >= 11 is 0. The molecule has 1 heterocycles. The zero-order chi connectivity index (χ0) is 14.2. The Morgan fingerprint density at radius 3 is 2.40 bits per heavy atom. The Balaban J connectivity index is 0.00000220. The highest BCUT2D eigenvalue weighted by Gasteiger charge is 2.01. The lowest BCUT2D eigenvalue weighted by Crippen LogP contribution is -2.34. The van der Waals surface area contributed by atoms with Gasteiger partial charge >= 0.3 is 6.03 Å². The number of benzene rings is 1. The highest BCUT2D eigenvalue weighted by atomic mass is 16.2. The molecule has 0 aliphatic heterocycles. The maximum absolute atomic E-state index is 11.7. The van der Waals surface area contributed by atoms with E-state index in [1.807, 2.05) is 36.5 Å². The summed E-state index contributed by atoms with van der Waals surface area (Å²) in [7, 11) is 0. The fraction of sp³-hybridized carbons (Fsp3) is 0.250. The predicted molar refractivity (Wildman–Crippen MR) is 83.4 cm³/mol. The molecule has 1 aromatic heterocycles. The Morgan fingerprint density at radius 1 is 1.05 bits per heavy atom. The number of nitrogens with one attached hydrogen (secondary N) is 2. The fourth-order valence-corrected chi connectivity index (χ4v) is 1.85. The van der Waals surface area contributed by atoms with Gasteiger partial charge in [0.25, 0.3) is 0 Å². The maximum Gasteiger partial charge on any atom is 0.315 e. The minimum atomic E-state index is -0.171. The largest absolute Gasteiger partial charge is 0.334 e. The lowest BCUT2D eigenvalue weighted by atomic mass is 10.2. The molecular formula is C16H23N3O. The Labute approximate surface area is 122 Å². The zero-order valence-electron chi connectivity index (χ0n) is 11.6. The fourth-order valence-electron chi connectivity index (χ4n) is 1.85. The molecule has 2 aromatic rings. The number of hydrogen-bond donors (Lipinski definition) is 2. The molecule has 20 heavy (non-hydrogen) atoms.